The first kappa shape index (κ1) is 19.3. The van der Waals surface area contributed by atoms with Crippen LogP contribution in [0.3, 0.4) is 0 Å². The van der Waals surface area contributed by atoms with Crippen LogP contribution in [-0.4, -0.2) is 43.0 Å². The molecule has 0 aliphatic carbocycles. The number of rotatable bonds is 4. The lowest BCUT2D eigenvalue weighted by molar-refractivity contribution is -0.115. The van der Waals surface area contributed by atoms with Crippen molar-refractivity contribution in [3.63, 3.8) is 0 Å². The average Bonchev–Trinajstić information content (AvgIpc) is 2.66. The number of hydroxylamine groups is 2. The largest absolute Gasteiger partial charge is 0.347 e. The Morgan fingerprint density at radius 3 is 2.79 bits per heavy atom. The molecule has 2 amide bonds. The van der Waals surface area contributed by atoms with Crippen molar-refractivity contribution in [2.75, 3.05) is 11.9 Å². The number of nitrogens with zero attached hydrogens (tertiary/aromatic N) is 2. The molecule has 5 nitrogen and oxygen atoms in total. The molecule has 1 heterocycles. The van der Waals surface area contributed by atoms with Crippen molar-refractivity contribution in [2.24, 2.45) is 5.92 Å². The van der Waals surface area contributed by atoms with Gasteiger partial charge in [-0.1, -0.05) is 55.5 Å². The van der Waals surface area contributed by atoms with E-state index in [2.05, 4.69) is 19.2 Å². The van der Waals surface area contributed by atoms with E-state index in [1.54, 1.807) is 24.3 Å². The molecule has 1 saturated heterocycles. The summed E-state index contributed by atoms with van der Waals surface area (Å²) < 4.78 is 0.264. The summed E-state index contributed by atoms with van der Waals surface area (Å²) in [5.41, 5.74) is 0.521. The zero-order valence-electron chi connectivity index (χ0n) is 14.1. The lowest BCUT2D eigenvalue weighted by Crippen LogP contribution is -2.56. The fourth-order valence-corrected chi connectivity index (χ4v) is 4.75. The zero-order valence-corrected chi connectivity index (χ0v) is 16.5. The predicted octanol–water partition coefficient (Wildman–Crippen LogP) is 4.66. The first-order chi connectivity index (χ1) is 11.1. The van der Waals surface area contributed by atoms with Gasteiger partial charge in [0.1, 0.15) is 10.5 Å². The van der Waals surface area contributed by atoms with Gasteiger partial charge >= 0.3 is 6.03 Å². The van der Waals surface area contributed by atoms with Gasteiger partial charge in [0.15, 0.2) is 0 Å². The molecule has 0 radical (unpaired) electrons. The van der Waals surface area contributed by atoms with Gasteiger partial charge in [0.05, 0.1) is 4.75 Å². The van der Waals surface area contributed by atoms with Crippen molar-refractivity contribution >= 4 is 51.6 Å². The minimum absolute atomic E-state index is 0.351. The molecule has 132 valence electrons. The van der Waals surface area contributed by atoms with E-state index < -0.39 is 16.9 Å². The van der Waals surface area contributed by atoms with Gasteiger partial charge in [0.2, 0.25) is 0 Å². The van der Waals surface area contributed by atoms with E-state index in [1.807, 2.05) is 18.7 Å². The summed E-state index contributed by atoms with van der Waals surface area (Å²) >= 11 is 12.9. The molecular weight excluding hydrogens is 366 g/mol. The van der Waals surface area contributed by atoms with Crippen LogP contribution in [0.5, 0.6) is 0 Å². The quantitative estimate of drug-likeness (QED) is 0.447. The molecule has 1 aromatic rings. The van der Waals surface area contributed by atoms with Gasteiger partial charge in [-0.05, 0) is 38.0 Å². The van der Waals surface area contributed by atoms with Crippen molar-refractivity contribution in [3.8, 4) is 0 Å². The Kier molecular flexibility index (Phi) is 6.01. The van der Waals surface area contributed by atoms with Gasteiger partial charge in [0, 0.05) is 17.3 Å². The summed E-state index contributed by atoms with van der Waals surface area (Å²) in [6, 6.07) is 6.17. The second-order valence-electron chi connectivity index (χ2n) is 6.68. The van der Waals surface area contributed by atoms with Crippen molar-refractivity contribution in [2.45, 2.75) is 38.6 Å². The van der Waals surface area contributed by atoms with E-state index in [0.29, 0.717) is 27.5 Å². The predicted molar refractivity (Wildman–Crippen MR) is 104 cm³/mol. The number of carbonyl (C=O) groups excluding carboxylic acids is 1. The molecular formula is C16H22ClN3O2S2. The molecule has 1 aromatic carbocycles. The fourth-order valence-electron chi connectivity index (χ4n) is 2.66. The lowest BCUT2D eigenvalue weighted by Gasteiger charge is -2.37. The molecule has 2 N–H and O–H groups in total. The second kappa shape index (κ2) is 7.47. The maximum absolute atomic E-state index is 12.5. The summed E-state index contributed by atoms with van der Waals surface area (Å²) in [4.78, 5) is 14.4. The number of halogens is 1. The number of amides is 2. The highest BCUT2D eigenvalue weighted by Crippen LogP contribution is 2.42. The molecule has 2 rings (SSSR count). The Hall–Kier alpha value is -1.02. The minimum Gasteiger partial charge on any atom is -0.333 e. The van der Waals surface area contributed by atoms with E-state index in [0.717, 1.165) is 5.06 Å². The lowest BCUT2D eigenvalue weighted by atomic mass is 10.1. The highest BCUT2D eigenvalue weighted by Gasteiger charge is 2.49. The Morgan fingerprint density at radius 2 is 2.21 bits per heavy atom. The number of anilines is 1. The number of hydrogen-bond acceptors (Lipinski definition) is 4. The smallest absolute Gasteiger partial charge is 0.333 e. The van der Waals surface area contributed by atoms with Crippen LogP contribution in [0.2, 0.25) is 5.02 Å². The van der Waals surface area contributed by atoms with Crippen LogP contribution in [-0.2, 0) is 0 Å². The Morgan fingerprint density at radius 1 is 1.54 bits per heavy atom. The van der Waals surface area contributed by atoms with E-state index in [1.165, 1.54) is 11.8 Å². The van der Waals surface area contributed by atoms with Gasteiger partial charge in [-0.25, -0.2) is 4.79 Å². The molecule has 0 saturated carbocycles. The van der Waals surface area contributed by atoms with Crippen LogP contribution in [0.25, 0.3) is 0 Å². The Balaban J connectivity index is 2.19. The summed E-state index contributed by atoms with van der Waals surface area (Å²) in [7, 11) is 0. The van der Waals surface area contributed by atoms with E-state index in [-0.39, 0.29) is 0 Å². The molecule has 0 spiro atoms. The number of nitrogens with one attached hydrogen (secondary N) is 1. The molecule has 1 atom stereocenters. The molecule has 8 heteroatoms. The van der Waals surface area contributed by atoms with Gasteiger partial charge in [-0.2, -0.15) is 5.06 Å². The van der Waals surface area contributed by atoms with E-state index in [9.17, 15) is 10.0 Å². The fraction of sp³-hybridized carbons (Fsp3) is 0.500. The Labute approximate surface area is 157 Å². The third-order valence-corrected chi connectivity index (χ3v) is 5.45. The van der Waals surface area contributed by atoms with Crippen molar-refractivity contribution in [1.82, 2.24) is 9.96 Å². The van der Waals surface area contributed by atoms with Crippen LogP contribution < -0.4 is 5.32 Å². The van der Waals surface area contributed by atoms with Crippen LogP contribution in [0.15, 0.2) is 24.3 Å². The highest BCUT2D eigenvalue weighted by molar-refractivity contribution is 8.24. The molecule has 24 heavy (non-hydrogen) atoms. The van der Waals surface area contributed by atoms with Crippen molar-refractivity contribution in [3.05, 3.63) is 29.3 Å². The average molecular weight is 388 g/mol. The normalized spacial score (nSPS) is 19.7. The minimum atomic E-state index is -0.616. The first-order valence-corrected chi connectivity index (χ1v) is 9.26. The molecule has 1 aliphatic heterocycles. The molecule has 0 unspecified atom stereocenters. The maximum Gasteiger partial charge on any atom is 0.347 e. The number of thiocarbonyl (C=S) groups is 1. The van der Waals surface area contributed by atoms with Crippen molar-refractivity contribution < 1.29 is 10.0 Å². The number of benzene rings is 1. The van der Waals surface area contributed by atoms with Gasteiger partial charge < -0.3 is 10.2 Å². The molecule has 0 aromatic heterocycles. The topological polar surface area (TPSA) is 55.8 Å². The monoisotopic (exact) mass is 387 g/mol. The van der Waals surface area contributed by atoms with Gasteiger partial charge in [-0.3, -0.25) is 5.21 Å². The summed E-state index contributed by atoms with van der Waals surface area (Å²) in [6.45, 7) is 8.74. The number of urea groups is 1. The first-order valence-electron chi connectivity index (χ1n) is 7.66. The SMILES string of the molecule is CC(C)CN1C(=S)SC(C)(C)[C@@H]1N(O)C(=O)Nc1cccc(Cl)c1. The number of hydrogen-bond donors (Lipinski definition) is 2. The second-order valence-corrected chi connectivity index (χ2v) is 9.40. The summed E-state index contributed by atoms with van der Waals surface area (Å²) in [6.07, 6.45) is -0.545. The highest BCUT2D eigenvalue weighted by atomic mass is 35.5. The van der Waals surface area contributed by atoms with Gasteiger partial charge in [0.25, 0.3) is 0 Å². The molecule has 0 bridgehead atoms. The van der Waals surface area contributed by atoms with Crippen LogP contribution in [0.1, 0.15) is 27.7 Å². The Bertz CT molecular complexity index is 640. The number of carbonyl (C=O) groups is 1. The van der Waals surface area contributed by atoms with Crippen LogP contribution in [0.4, 0.5) is 10.5 Å². The zero-order chi connectivity index (χ0) is 18.1. The third-order valence-electron chi connectivity index (χ3n) is 3.58. The van der Waals surface area contributed by atoms with Gasteiger partial charge in [-0.15, -0.1) is 0 Å². The van der Waals surface area contributed by atoms with E-state index in [4.69, 9.17) is 23.8 Å². The maximum atomic E-state index is 12.5. The van der Waals surface area contributed by atoms with Crippen LogP contribution >= 0.6 is 35.6 Å². The number of thioether (sulfide) groups is 1. The van der Waals surface area contributed by atoms with E-state index >= 15 is 0 Å². The van der Waals surface area contributed by atoms with Crippen LogP contribution in [0, 0.1) is 5.92 Å². The third kappa shape index (κ3) is 4.33. The molecule has 1 aliphatic rings. The standard InChI is InChI=1S/C16H22ClN3O2S2/c1-10(2)9-19-13(16(3,4)24-15(19)23)20(22)14(21)18-12-7-5-6-11(17)8-12/h5-8,10,13,22H,9H2,1-4H3,(H,18,21)/t13-/m0/s1. The summed E-state index contributed by atoms with van der Waals surface area (Å²) in [5.74, 6) is 0.351. The van der Waals surface area contributed by atoms with Crippen molar-refractivity contribution in [1.29, 1.82) is 0 Å². The summed E-state index contributed by atoms with van der Waals surface area (Å²) in [5, 5.41) is 14.5. The molecule has 1 fully saturated rings.